The van der Waals surface area contributed by atoms with Crippen molar-refractivity contribution in [3.05, 3.63) is 39.8 Å². The van der Waals surface area contributed by atoms with Gasteiger partial charge in [0, 0.05) is 49.5 Å². The van der Waals surface area contributed by atoms with Crippen LogP contribution in [0.25, 0.3) is 5.57 Å². The van der Waals surface area contributed by atoms with E-state index in [9.17, 15) is 14.7 Å². The van der Waals surface area contributed by atoms with Crippen LogP contribution in [0.1, 0.15) is 62.2 Å². The quantitative estimate of drug-likeness (QED) is 0.819. The highest BCUT2D eigenvalue weighted by atomic mass is 16.3. The average Bonchev–Trinajstić information content (AvgIpc) is 3.07. The second-order valence-corrected chi connectivity index (χ2v) is 9.07. The fourth-order valence-electron chi connectivity index (χ4n) is 5.88. The summed E-state index contributed by atoms with van der Waals surface area (Å²) in [5.41, 5.74) is 2.95. The molecule has 29 heavy (non-hydrogen) atoms. The van der Waals surface area contributed by atoms with Crippen LogP contribution >= 0.6 is 0 Å². The molecule has 2 fully saturated rings. The Hall–Kier alpha value is -1.92. The van der Waals surface area contributed by atoms with E-state index in [1.165, 1.54) is 18.4 Å². The second kappa shape index (κ2) is 7.73. The van der Waals surface area contributed by atoms with Crippen LogP contribution in [0, 0.1) is 11.8 Å². The van der Waals surface area contributed by atoms with E-state index in [0.29, 0.717) is 6.54 Å². The molecular weight excluding hydrogens is 366 g/mol. The van der Waals surface area contributed by atoms with Crippen molar-refractivity contribution in [2.24, 2.45) is 11.8 Å². The molecule has 6 heteroatoms. The molecule has 0 aromatic carbocycles. The van der Waals surface area contributed by atoms with Crippen molar-refractivity contribution in [2.45, 2.75) is 63.6 Å². The van der Waals surface area contributed by atoms with Crippen LogP contribution in [-0.2, 0) is 11.3 Å². The Bertz CT molecular complexity index is 884. The summed E-state index contributed by atoms with van der Waals surface area (Å²) in [4.78, 5) is 28.7. The van der Waals surface area contributed by atoms with Gasteiger partial charge in [0.05, 0.1) is 12.0 Å². The third-order valence-electron chi connectivity index (χ3n) is 7.44. The number of piperidine rings is 1. The van der Waals surface area contributed by atoms with Gasteiger partial charge in [0.2, 0.25) is 5.91 Å². The van der Waals surface area contributed by atoms with Gasteiger partial charge in [-0.15, -0.1) is 0 Å². The topological polar surface area (TPSA) is 74.6 Å². The molecule has 0 saturated carbocycles. The molecule has 1 amide bonds. The molecule has 0 radical (unpaired) electrons. The van der Waals surface area contributed by atoms with Crippen LogP contribution in [0.4, 0.5) is 0 Å². The highest BCUT2D eigenvalue weighted by Crippen LogP contribution is 2.42. The van der Waals surface area contributed by atoms with E-state index in [4.69, 9.17) is 0 Å². The molecule has 4 aliphatic rings. The summed E-state index contributed by atoms with van der Waals surface area (Å²) in [5.74, 6) is -0.300. The Labute approximate surface area is 171 Å². The van der Waals surface area contributed by atoms with E-state index in [1.807, 2.05) is 21.6 Å². The summed E-state index contributed by atoms with van der Waals surface area (Å²) in [7, 11) is 0. The molecule has 0 spiro atoms. The Morgan fingerprint density at radius 3 is 2.69 bits per heavy atom. The minimum absolute atomic E-state index is 0.0286. The number of likely N-dealkylation sites (tertiary alicyclic amines) is 1. The summed E-state index contributed by atoms with van der Waals surface area (Å²) in [6.45, 7) is 2.12. The van der Waals surface area contributed by atoms with E-state index < -0.39 is 0 Å². The van der Waals surface area contributed by atoms with E-state index in [2.05, 4.69) is 11.4 Å². The fourth-order valence-corrected chi connectivity index (χ4v) is 5.88. The van der Waals surface area contributed by atoms with E-state index >= 15 is 0 Å². The lowest BCUT2D eigenvalue weighted by atomic mass is 9.85. The minimum Gasteiger partial charge on any atom is -0.396 e. The summed E-state index contributed by atoms with van der Waals surface area (Å²) in [5, 5.41) is 13.7. The summed E-state index contributed by atoms with van der Waals surface area (Å²) in [6, 6.07) is 3.77. The lowest BCUT2D eigenvalue weighted by Gasteiger charge is -2.33. The SMILES string of the molecule is O=C([C@H]1[C@H](CO)[C@H]2Cn3c(ccc(C4=CCCCC4)c3=O)[C@@H]1N2)N1CCCCC1. The molecule has 1 aromatic heterocycles. The molecule has 3 aliphatic heterocycles. The van der Waals surface area contributed by atoms with Crippen molar-refractivity contribution in [3.63, 3.8) is 0 Å². The third-order valence-corrected chi connectivity index (χ3v) is 7.44. The maximum Gasteiger partial charge on any atom is 0.258 e. The van der Waals surface area contributed by atoms with Crippen molar-refractivity contribution in [1.82, 2.24) is 14.8 Å². The van der Waals surface area contributed by atoms with Crippen LogP contribution in [0.3, 0.4) is 0 Å². The number of allylic oxidation sites excluding steroid dienone is 2. The molecule has 1 aliphatic carbocycles. The first-order valence-electron chi connectivity index (χ1n) is 11.3. The molecular formula is C23H31N3O3. The number of pyridine rings is 1. The van der Waals surface area contributed by atoms with Gasteiger partial charge < -0.3 is 19.9 Å². The molecule has 1 aromatic rings. The molecule has 2 N–H and O–H groups in total. The fraction of sp³-hybridized carbons (Fsp3) is 0.652. The van der Waals surface area contributed by atoms with Gasteiger partial charge in [0.25, 0.3) is 5.56 Å². The number of amides is 1. The van der Waals surface area contributed by atoms with Crippen molar-refractivity contribution in [2.75, 3.05) is 19.7 Å². The molecule has 5 rings (SSSR count). The molecule has 4 heterocycles. The number of aliphatic hydroxyl groups is 1. The highest BCUT2D eigenvalue weighted by Gasteiger charge is 2.51. The number of hydrogen-bond donors (Lipinski definition) is 2. The maximum atomic E-state index is 13.4. The first-order chi connectivity index (χ1) is 14.2. The van der Waals surface area contributed by atoms with E-state index in [-0.39, 0.29) is 42.0 Å². The zero-order valence-electron chi connectivity index (χ0n) is 17.0. The molecule has 2 bridgehead atoms. The average molecular weight is 398 g/mol. The number of fused-ring (bicyclic) bond motifs is 4. The van der Waals surface area contributed by atoms with Gasteiger partial charge in [0.15, 0.2) is 0 Å². The summed E-state index contributed by atoms with van der Waals surface area (Å²) >= 11 is 0. The Morgan fingerprint density at radius 1 is 1.14 bits per heavy atom. The molecule has 6 nitrogen and oxygen atoms in total. The molecule has 0 unspecified atom stereocenters. The van der Waals surface area contributed by atoms with Crippen LogP contribution < -0.4 is 10.9 Å². The largest absolute Gasteiger partial charge is 0.396 e. The van der Waals surface area contributed by atoms with Gasteiger partial charge in [-0.2, -0.15) is 0 Å². The number of aliphatic hydroxyl groups excluding tert-OH is 1. The second-order valence-electron chi connectivity index (χ2n) is 9.07. The van der Waals surface area contributed by atoms with Gasteiger partial charge in [-0.1, -0.05) is 6.08 Å². The van der Waals surface area contributed by atoms with Crippen molar-refractivity contribution >= 4 is 11.5 Å². The number of carbonyl (C=O) groups excluding carboxylic acids is 1. The molecule has 156 valence electrons. The number of carbonyl (C=O) groups is 1. The van der Waals surface area contributed by atoms with Gasteiger partial charge in [-0.25, -0.2) is 0 Å². The van der Waals surface area contributed by atoms with E-state index in [1.54, 1.807) is 0 Å². The van der Waals surface area contributed by atoms with Gasteiger partial charge in [-0.3, -0.25) is 9.59 Å². The van der Waals surface area contributed by atoms with E-state index in [0.717, 1.165) is 56.5 Å². The predicted molar refractivity (Wildman–Crippen MR) is 111 cm³/mol. The summed E-state index contributed by atoms with van der Waals surface area (Å²) in [6.07, 6.45) is 9.84. The number of rotatable bonds is 3. The number of nitrogens with zero attached hydrogens (tertiary/aromatic N) is 2. The van der Waals surface area contributed by atoms with Crippen molar-refractivity contribution in [1.29, 1.82) is 0 Å². The third kappa shape index (κ3) is 3.17. The number of aromatic nitrogens is 1. The maximum absolute atomic E-state index is 13.4. The van der Waals surface area contributed by atoms with Crippen LogP contribution in [0.5, 0.6) is 0 Å². The first-order valence-corrected chi connectivity index (χ1v) is 11.3. The Balaban J connectivity index is 1.51. The summed E-state index contributed by atoms with van der Waals surface area (Å²) < 4.78 is 1.88. The monoisotopic (exact) mass is 397 g/mol. The smallest absolute Gasteiger partial charge is 0.258 e. The van der Waals surface area contributed by atoms with Gasteiger partial charge in [-0.05, 0) is 62.7 Å². The van der Waals surface area contributed by atoms with Crippen LogP contribution in [0.2, 0.25) is 0 Å². The van der Waals surface area contributed by atoms with Crippen LogP contribution in [0.15, 0.2) is 23.0 Å². The lowest BCUT2D eigenvalue weighted by molar-refractivity contribution is -0.138. The standard InChI is InChI=1S/C23H31N3O3/c27-14-17-18-13-26-19(10-9-16(22(26)28)15-7-3-1-4-8-15)21(24-18)20(17)23(29)25-11-5-2-6-12-25/h7,9-10,17-18,20-21,24,27H,1-6,8,11-14H2/t17-,18-,20+,21+/m1/s1. The Morgan fingerprint density at radius 2 is 1.97 bits per heavy atom. The van der Waals surface area contributed by atoms with Gasteiger partial charge in [0.1, 0.15) is 0 Å². The molecule has 2 saturated heterocycles. The lowest BCUT2D eigenvalue weighted by Crippen LogP contribution is -2.44. The van der Waals surface area contributed by atoms with Gasteiger partial charge >= 0.3 is 0 Å². The number of hydrogen-bond acceptors (Lipinski definition) is 4. The minimum atomic E-state index is -0.295. The highest BCUT2D eigenvalue weighted by molar-refractivity contribution is 5.81. The van der Waals surface area contributed by atoms with Crippen LogP contribution in [-0.4, -0.2) is 46.2 Å². The zero-order valence-corrected chi connectivity index (χ0v) is 17.0. The zero-order chi connectivity index (χ0) is 20.0. The van der Waals surface area contributed by atoms with Crippen molar-refractivity contribution in [3.8, 4) is 0 Å². The Kier molecular flexibility index (Phi) is 5.08. The number of nitrogens with one attached hydrogen (secondary N) is 1. The predicted octanol–water partition coefficient (Wildman–Crippen LogP) is 2.07. The normalized spacial score (nSPS) is 31.3. The first kappa shape index (κ1) is 19.1. The van der Waals surface area contributed by atoms with Crippen molar-refractivity contribution < 1.29 is 9.90 Å². The molecule has 4 atom stereocenters.